The van der Waals surface area contributed by atoms with Crippen molar-refractivity contribution in [2.75, 3.05) is 7.11 Å². The number of methoxy groups -OCH3 is 1. The van der Waals surface area contributed by atoms with Gasteiger partial charge in [0.1, 0.15) is 23.0 Å². The third-order valence-corrected chi connectivity index (χ3v) is 4.67. The summed E-state index contributed by atoms with van der Waals surface area (Å²) in [5.74, 6) is 1.29. The molecule has 0 unspecified atom stereocenters. The average Bonchev–Trinajstić information content (AvgIpc) is 3.31. The molecule has 0 radical (unpaired) electrons. The largest absolute Gasteiger partial charge is 0.497 e. The molecule has 6 nitrogen and oxygen atoms in total. The van der Waals surface area contributed by atoms with Crippen LogP contribution in [0.15, 0.2) is 68.4 Å². The smallest absolute Gasteiger partial charge is 0.379 e. The van der Waals surface area contributed by atoms with Gasteiger partial charge in [0, 0.05) is 0 Å². The second kappa shape index (κ2) is 7.31. The summed E-state index contributed by atoms with van der Waals surface area (Å²) in [6.07, 6.45) is 1.39. The normalized spacial score (nSPS) is 10.9. The lowest BCUT2D eigenvalue weighted by Crippen LogP contribution is -2.07. The molecule has 6 heteroatoms. The Morgan fingerprint density at radius 3 is 2.31 bits per heavy atom. The van der Waals surface area contributed by atoms with Crippen LogP contribution in [-0.2, 0) is 0 Å². The monoisotopic (exact) mass is 390 g/mol. The van der Waals surface area contributed by atoms with Crippen LogP contribution in [0.25, 0.3) is 21.9 Å². The Morgan fingerprint density at radius 1 is 0.931 bits per heavy atom. The number of benzene rings is 1. The van der Waals surface area contributed by atoms with E-state index in [9.17, 15) is 9.59 Å². The molecule has 146 valence electrons. The highest BCUT2D eigenvalue weighted by molar-refractivity contribution is 5.96. The number of aryl methyl sites for hydroxylation is 2. The fraction of sp³-hybridized carbons (Fsp3) is 0.130. The molecule has 0 atom stereocenters. The fourth-order valence-corrected chi connectivity index (χ4v) is 3.32. The maximum Gasteiger partial charge on any atom is 0.379 e. The highest BCUT2D eigenvalue weighted by Gasteiger charge is 2.20. The van der Waals surface area contributed by atoms with Crippen molar-refractivity contribution >= 4 is 16.7 Å². The van der Waals surface area contributed by atoms with E-state index in [-0.39, 0.29) is 16.9 Å². The number of hydrogen-bond acceptors (Lipinski definition) is 6. The lowest BCUT2D eigenvalue weighted by Gasteiger charge is -2.05. The minimum Gasteiger partial charge on any atom is -0.497 e. The molecular formula is C23H18O6. The van der Waals surface area contributed by atoms with Crippen LogP contribution in [0.4, 0.5) is 0 Å². The van der Waals surface area contributed by atoms with Crippen molar-refractivity contribution in [1.29, 1.82) is 0 Å². The number of carbonyl (C=O) groups excluding carboxylic acids is 1. The molecule has 4 rings (SSSR count). The Morgan fingerprint density at radius 2 is 1.66 bits per heavy atom. The van der Waals surface area contributed by atoms with Crippen molar-refractivity contribution in [2.45, 2.75) is 13.8 Å². The molecule has 4 aromatic rings. The first-order valence-electron chi connectivity index (χ1n) is 8.96. The van der Waals surface area contributed by atoms with Crippen LogP contribution in [0.5, 0.6) is 11.5 Å². The van der Waals surface area contributed by atoms with Gasteiger partial charge in [-0.05, 0) is 61.4 Å². The van der Waals surface area contributed by atoms with E-state index in [2.05, 4.69) is 0 Å². The first kappa shape index (κ1) is 18.6. The third-order valence-electron chi connectivity index (χ3n) is 4.67. The Balaban J connectivity index is 1.94. The van der Waals surface area contributed by atoms with E-state index < -0.39 is 5.97 Å². The number of fused-ring (bicyclic) bond motifs is 1. The number of carbonyl (C=O) groups is 1. The summed E-state index contributed by atoms with van der Waals surface area (Å²) < 4.78 is 21.6. The van der Waals surface area contributed by atoms with Crippen LogP contribution >= 0.6 is 0 Å². The highest BCUT2D eigenvalue weighted by atomic mass is 16.5. The summed E-state index contributed by atoms with van der Waals surface area (Å²) >= 11 is 0. The van der Waals surface area contributed by atoms with Crippen molar-refractivity contribution in [3.05, 3.63) is 82.3 Å². The molecule has 0 amide bonds. The van der Waals surface area contributed by atoms with Gasteiger partial charge in [-0.1, -0.05) is 12.1 Å². The van der Waals surface area contributed by atoms with Gasteiger partial charge in [0.05, 0.1) is 24.1 Å². The zero-order valence-electron chi connectivity index (χ0n) is 16.1. The molecule has 0 aliphatic rings. The maximum atomic E-state index is 13.0. The molecule has 2 aromatic carbocycles. The molecule has 0 N–H and O–H groups in total. The zero-order valence-corrected chi connectivity index (χ0v) is 16.1. The van der Waals surface area contributed by atoms with Crippen LogP contribution in [0.1, 0.15) is 22.1 Å². The van der Waals surface area contributed by atoms with Gasteiger partial charge >= 0.3 is 5.97 Å². The van der Waals surface area contributed by atoms with Gasteiger partial charge in [0.25, 0.3) is 0 Å². The predicted octanol–water partition coefficient (Wildman–Crippen LogP) is 4.90. The number of rotatable bonds is 4. The average molecular weight is 390 g/mol. The second-order valence-electron chi connectivity index (χ2n) is 6.53. The summed E-state index contributed by atoms with van der Waals surface area (Å²) in [5, 5.41) is 0.844. The van der Waals surface area contributed by atoms with Crippen LogP contribution < -0.4 is 14.9 Å². The second-order valence-corrected chi connectivity index (χ2v) is 6.53. The van der Waals surface area contributed by atoms with Crippen molar-refractivity contribution in [1.82, 2.24) is 0 Å². The molecule has 29 heavy (non-hydrogen) atoms. The molecule has 0 saturated heterocycles. The summed E-state index contributed by atoms with van der Waals surface area (Å²) in [6.45, 7) is 3.44. The summed E-state index contributed by atoms with van der Waals surface area (Å²) in [5.41, 5.74) is 1.17. The Kier molecular flexibility index (Phi) is 4.68. The van der Waals surface area contributed by atoms with Crippen molar-refractivity contribution < 1.29 is 23.1 Å². The quantitative estimate of drug-likeness (QED) is 0.461. The fourth-order valence-electron chi connectivity index (χ4n) is 3.32. The molecule has 0 bridgehead atoms. The van der Waals surface area contributed by atoms with Gasteiger partial charge in [0.2, 0.25) is 5.76 Å². The van der Waals surface area contributed by atoms with Crippen molar-refractivity contribution in [3.63, 3.8) is 0 Å². The summed E-state index contributed by atoms with van der Waals surface area (Å²) in [4.78, 5) is 25.5. The van der Waals surface area contributed by atoms with Gasteiger partial charge in [-0.15, -0.1) is 0 Å². The molecular weight excluding hydrogens is 372 g/mol. The first-order valence-corrected chi connectivity index (χ1v) is 8.96. The summed E-state index contributed by atoms with van der Waals surface area (Å²) in [6, 6.07) is 13.5. The van der Waals surface area contributed by atoms with E-state index >= 15 is 0 Å². The van der Waals surface area contributed by atoms with Crippen LogP contribution in [0.2, 0.25) is 0 Å². The highest BCUT2D eigenvalue weighted by Crippen LogP contribution is 2.34. The summed E-state index contributed by atoms with van der Waals surface area (Å²) in [7, 11) is 1.58. The third kappa shape index (κ3) is 3.40. The standard InChI is InChI=1S/C23H18O6/c1-13-21-18(24)11-16(15-6-8-17(26-3)9-7-15)12-20(22(21)14(2)28-13)29-23(25)19-5-4-10-27-19/h4-12H,1-3H3. The van der Waals surface area contributed by atoms with E-state index in [1.807, 2.05) is 12.1 Å². The molecule has 2 heterocycles. The lowest BCUT2D eigenvalue weighted by molar-refractivity contribution is 0.0704. The molecule has 0 spiro atoms. The Hall–Kier alpha value is -3.80. The van der Waals surface area contributed by atoms with E-state index in [1.54, 1.807) is 45.2 Å². The van der Waals surface area contributed by atoms with Gasteiger partial charge in [-0.3, -0.25) is 4.79 Å². The molecule has 0 aliphatic heterocycles. The van der Waals surface area contributed by atoms with E-state index in [4.69, 9.17) is 18.3 Å². The maximum absolute atomic E-state index is 13.0. The molecule has 0 aliphatic carbocycles. The van der Waals surface area contributed by atoms with Gasteiger partial charge in [0.15, 0.2) is 5.43 Å². The SMILES string of the molecule is COc1ccc(-c2cc(OC(=O)c3ccco3)c3c(C)oc(C)c3c(=O)c2)cc1. The first-order chi connectivity index (χ1) is 14.0. The van der Waals surface area contributed by atoms with Crippen LogP contribution in [0.3, 0.4) is 0 Å². The minimum absolute atomic E-state index is 0.0656. The molecule has 2 aromatic heterocycles. The molecule has 0 saturated carbocycles. The number of furan rings is 2. The molecule has 0 fully saturated rings. The van der Waals surface area contributed by atoms with Gasteiger partial charge in [-0.25, -0.2) is 4.79 Å². The Labute approximate surface area is 166 Å². The van der Waals surface area contributed by atoms with Crippen molar-refractivity contribution in [3.8, 4) is 22.6 Å². The van der Waals surface area contributed by atoms with Crippen LogP contribution in [0, 0.1) is 13.8 Å². The topological polar surface area (TPSA) is 78.9 Å². The number of hydrogen-bond donors (Lipinski definition) is 0. The lowest BCUT2D eigenvalue weighted by atomic mass is 10.1. The number of ether oxygens (including phenoxy) is 2. The van der Waals surface area contributed by atoms with E-state index in [0.29, 0.717) is 33.6 Å². The van der Waals surface area contributed by atoms with E-state index in [1.165, 1.54) is 18.4 Å². The minimum atomic E-state index is -0.658. The van der Waals surface area contributed by atoms with Gasteiger partial charge < -0.3 is 18.3 Å². The number of esters is 1. The van der Waals surface area contributed by atoms with Crippen molar-refractivity contribution in [2.24, 2.45) is 0 Å². The van der Waals surface area contributed by atoms with E-state index in [0.717, 1.165) is 5.56 Å². The van der Waals surface area contributed by atoms with Crippen LogP contribution in [-0.4, -0.2) is 13.1 Å². The zero-order chi connectivity index (χ0) is 20.5. The predicted molar refractivity (Wildman–Crippen MR) is 108 cm³/mol. The van der Waals surface area contributed by atoms with Gasteiger partial charge in [-0.2, -0.15) is 0 Å². The Bertz CT molecular complexity index is 1250.